The number of H-pyrrole nitrogens is 1. The van der Waals surface area contributed by atoms with Gasteiger partial charge in [0, 0.05) is 12.4 Å². The van der Waals surface area contributed by atoms with Gasteiger partial charge in [-0.2, -0.15) is 13.2 Å². The zero-order valence-electron chi connectivity index (χ0n) is 7.51. The van der Waals surface area contributed by atoms with Crippen LogP contribution < -0.4 is 5.43 Å². The summed E-state index contributed by atoms with van der Waals surface area (Å²) in [4.78, 5) is 24.2. The van der Waals surface area contributed by atoms with Gasteiger partial charge in [-0.25, -0.2) is 4.79 Å². The number of methoxy groups -OCH3 is 1. The maximum atomic E-state index is 12.2. The van der Waals surface area contributed by atoms with Gasteiger partial charge in [0.05, 0.1) is 7.11 Å². The van der Waals surface area contributed by atoms with Crippen molar-refractivity contribution in [3.05, 3.63) is 33.7 Å². The second kappa shape index (κ2) is 3.76. The van der Waals surface area contributed by atoms with Crippen LogP contribution in [0.4, 0.5) is 13.2 Å². The number of hydrogen-bond acceptors (Lipinski definition) is 3. The fourth-order valence-electron chi connectivity index (χ4n) is 0.957. The van der Waals surface area contributed by atoms with Crippen LogP contribution in [0.5, 0.6) is 0 Å². The highest BCUT2D eigenvalue weighted by Crippen LogP contribution is 2.25. The predicted molar refractivity (Wildman–Crippen MR) is 43.4 cm³/mol. The Morgan fingerprint density at radius 1 is 1.40 bits per heavy atom. The number of carbonyl (C=O) groups excluding carboxylic acids is 1. The summed E-state index contributed by atoms with van der Waals surface area (Å²) in [5.41, 5.74) is -3.49. The average Bonchev–Trinajstić information content (AvgIpc) is 2.15. The van der Waals surface area contributed by atoms with E-state index < -0.39 is 28.7 Å². The van der Waals surface area contributed by atoms with Crippen molar-refractivity contribution >= 4 is 5.97 Å². The molecule has 0 atom stereocenters. The first-order valence-electron chi connectivity index (χ1n) is 3.74. The minimum Gasteiger partial charge on any atom is -0.465 e. The van der Waals surface area contributed by atoms with Gasteiger partial charge in [0.25, 0.3) is 0 Å². The third-order valence-corrected chi connectivity index (χ3v) is 1.66. The highest BCUT2D eigenvalue weighted by Gasteiger charge is 2.35. The summed E-state index contributed by atoms with van der Waals surface area (Å²) in [6, 6.07) is 0. The van der Waals surface area contributed by atoms with Gasteiger partial charge in [-0.3, -0.25) is 4.79 Å². The van der Waals surface area contributed by atoms with E-state index in [-0.39, 0.29) is 0 Å². The Morgan fingerprint density at radius 3 is 2.47 bits per heavy atom. The zero-order chi connectivity index (χ0) is 11.6. The standard InChI is InChI=1S/C8H6F3NO3/c1-15-7(14)4-2-12-3-5(6(4)13)8(9,10)11/h2-3H,1H3,(H,12,13). The highest BCUT2D eigenvalue weighted by atomic mass is 19.4. The van der Waals surface area contributed by atoms with E-state index in [9.17, 15) is 22.8 Å². The van der Waals surface area contributed by atoms with E-state index in [1.165, 1.54) is 0 Å². The lowest BCUT2D eigenvalue weighted by Crippen LogP contribution is -2.25. The van der Waals surface area contributed by atoms with Crippen LogP contribution in [-0.4, -0.2) is 18.1 Å². The molecule has 82 valence electrons. The fourth-order valence-corrected chi connectivity index (χ4v) is 0.957. The van der Waals surface area contributed by atoms with Gasteiger partial charge < -0.3 is 9.72 Å². The number of ether oxygens (including phenoxy) is 1. The first-order chi connectivity index (χ1) is 6.88. The van der Waals surface area contributed by atoms with Gasteiger partial charge in [0.2, 0.25) is 5.43 Å². The summed E-state index contributed by atoms with van der Waals surface area (Å²) in [7, 11) is 0.974. The van der Waals surface area contributed by atoms with Gasteiger partial charge in [0.15, 0.2) is 0 Å². The van der Waals surface area contributed by atoms with Crippen molar-refractivity contribution in [3.63, 3.8) is 0 Å². The predicted octanol–water partition coefficient (Wildman–Crippen LogP) is 1.18. The number of esters is 1. The van der Waals surface area contributed by atoms with Crippen molar-refractivity contribution in [1.29, 1.82) is 0 Å². The zero-order valence-corrected chi connectivity index (χ0v) is 7.51. The molecule has 0 aromatic carbocycles. The first kappa shape index (κ1) is 11.3. The molecule has 0 fully saturated rings. The van der Waals surface area contributed by atoms with E-state index in [0.717, 1.165) is 13.3 Å². The average molecular weight is 221 g/mol. The van der Waals surface area contributed by atoms with Crippen LogP contribution in [0.3, 0.4) is 0 Å². The van der Waals surface area contributed by atoms with Gasteiger partial charge in [-0.1, -0.05) is 0 Å². The van der Waals surface area contributed by atoms with E-state index in [1.807, 2.05) is 0 Å². The third-order valence-electron chi connectivity index (χ3n) is 1.66. The van der Waals surface area contributed by atoms with Gasteiger partial charge >= 0.3 is 12.1 Å². The number of carbonyl (C=O) groups is 1. The number of alkyl halides is 3. The molecule has 15 heavy (non-hydrogen) atoms. The summed E-state index contributed by atoms with van der Waals surface area (Å²) in [6.07, 6.45) is -3.43. The molecule has 1 heterocycles. The molecule has 1 N–H and O–H groups in total. The summed E-state index contributed by atoms with van der Waals surface area (Å²) < 4.78 is 40.8. The van der Waals surface area contributed by atoms with Crippen LogP contribution in [-0.2, 0) is 10.9 Å². The van der Waals surface area contributed by atoms with Crippen LogP contribution in [0.15, 0.2) is 17.2 Å². The van der Waals surface area contributed by atoms with Gasteiger partial charge in [0.1, 0.15) is 11.1 Å². The Labute approximate surface area is 81.7 Å². The Hall–Kier alpha value is -1.79. The van der Waals surface area contributed by atoms with E-state index in [4.69, 9.17) is 0 Å². The second-order valence-corrected chi connectivity index (χ2v) is 2.60. The molecular formula is C8H6F3NO3. The topological polar surface area (TPSA) is 59.2 Å². The number of aromatic nitrogens is 1. The number of pyridine rings is 1. The lowest BCUT2D eigenvalue weighted by Gasteiger charge is -2.06. The van der Waals surface area contributed by atoms with Crippen LogP contribution in [0.2, 0.25) is 0 Å². The maximum Gasteiger partial charge on any atom is 0.421 e. The van der Waals surface area contributed by atoms with E-state index in [2.05, 4.69) is 9.72 Å². The SMILES string of the molecule is COC(=O)c1c[nH]cc(C(F)(F)F)c1=O. The number of aromatic amines is 1. The molecule has 0 saturated heterocycles. The molecular weight excluding hydrogens is 215 g/mol. The van der Waals surface area contributed by atoms with Crippen LogP contribution >= 0.6 is 0 Å². The molecule has 0 bridgehead atoms. The Kier molecular flexibility index (Phi) is 2.83. The molecule has 1 aromatic rings. The molecule has 0 radical (unpaired) electrons. The quantitative estimate of drug-likeness (QED) is 0.724. The molecule has 0 aliphatic carbocycles. The van der Waals surface area contributed by atoms with Crippen molar-refractivity contribution in [2.24, 2.45) is 0 Å². The number of halogens is 3. The molecule has 0 aliphatic heterocycles. The van der Waals surface area contributed by atoms with Crippen molar-refractivity contribution in [1.82, 2.24) is 4.98 Å². The Morgan fingerprint density at radius 2 is 2.00 bits per heavy atom. The largest absolute Gasteiger partial charge is 0.465 e. The normalized spacial score (nSPS) is 11.2. The molecule has 0 unspecified atom stereocenters. The fraction of sp³-hybridized carbons (Fsp3) is 0.250. The molecule has 0 spiro atoms. The molecule has 0 aliphatic rings. The van der Waals surface area contributed by atoms with Crippen molar-refractivity contribution in [3.8, 4) is 0 Å². The Balaban J connectivity index is 3.37. The molecule has 0 amide bonds. The molecule has 4 nitrogen and oxygen atoms in total. The van der Waals surface area contributed by atoms with Crippen molar-refractivity contribution in [2.75, 3.05) is 7.11 Å². The summed E-state index contributed by atoms with van der Waals surface area (Å²) in [5.74, 6) is -1.11. The van der Waals surface area contributed by atoms with Crippen LogP contribution in [0.1, 0.15) is 15.9 Å². The van der Waals surface area contributed by atoms with E-state index in [1.54, 1.807) is 0 Å². The first-order valence-corrected chi connectivity index (χ1v) is 3.74. The smallest absolute Gasteiger partial charge is 0.421 e. The third kappa shape index (κ3) is 2.17. The van der Waals surface area contributed by atoms with Crippen LogP contribution in [0.25, 0.3) is 0 Å². The van der Waals surface area contributed by atoms with Crippen molar-refractivity contribution < 1.29 is 22.7 Å². The summed E-state index contributed by atoms with van der Waals surface area (Å²) >= 11 is 0. The summed E-state index contributed by atoms with van der Waals surface area (Å²) in [5, 5.41) is 0. The molecule has 0 saturated carbocycles. The van der Waals surface area contributed by atoms with Crippen molar-refractivity contribution in [2.45, 2.75) is 6.18 Å². The highest BCUT2D eigenvalue weighted by molar-refractivity contribution is 5.88. The number of nitrogens with one attached hydrogen (secondary N) is 1. The second-order valence-electron chi connectivity index (χ2n) is 2.60. The minimum absolute atomic E-state index is 0.495. The monoisotopic (exact) mass is 221 g/mol. The van der Waals surface area contributed by atoms with Crippen LogP contribution in [0, 0.1) is 0 Å². The molecule has 1 aromatic heterocycles. The number of hydrogen-bond donors (Lipinski definition) is 1. The van der Waals surface area contributed by atoms with E-state index >= 15 is 0 Å². The summed E-state index contributed by atoms with van der Waals surface area (Å²) in [6.45, 7) is 0. The lowest BCUT2D eigenvalue weighted by molar-refractivity contribution is -0.138. The van der Waals surface area contributed by atoms with E-state index in [0.29, 0.717) is 6.20 Å². The minimum atomic E-state index is -4.79. The van der Waals surface area contributed by atoms with Gasteiger partial charge in [-0.15, -0.1) is 0 Å². The van der Waals surface area contributed by atoms with Gasteiger partial charge in [-0.05, 0) is 0 Å². The Bertz CT molecular complexity index is 435. The lowest BCUT2D eigenvalue weighted by atomic mass is 10.2. The molecule has 1 rings (SSSR count). The molecule has 7 heteroatoms. The number of rotatable bonds is 1. The maximum absolute atomic E-state index is 12.2.